The number of nitrogens with one attached hydrogen (secondary N) is 2. The number of aromatic amines is 2. The van der Waals surface area contributed by atoms with Crippen LogP contribution in [0, 0.1) is 0 Å². The fourth-order valence-corrected chi connectivity index (χ4v) is 1.01. The third kappa shape index (κ3) is 2.32. The van der Waals surface area contributed by atoms with Crippen molar-refractivity contribution in [1.82, 2.24) is 9.97 Å². The second-order valence-corrected chi connectivity index (χ2v) is 2.82. The van der Waals surface area contributed by atoms with Crippen LogP contribution in [0.15, 0.2) is 28.0 Å². The van der Waals surface area contributed by atoms with Crippen molar-refractivity contribution in [1.29, 1.82) is 0 Å². The Morgan fingerprint density at radius 3 is 2.79 bits per heavy atom. The van der Waals surface area contributed by atoms with Gasteiger partial charge in [-0.15, -0.1) is 0 Å². The zero-order valence-corrected chi connectivity index (χ0v) is 8.29. The first-order valence-corrected chi connectivity index (χ1v) is 4.29. The monoisotopic (exact) mass is 191 g/mol. The Kier molecular flexibility index (Phi) is 3.23. The minimum absolute atomic E-state index is 0.256. The summed E-state index contributed by atoms with van der Waals surface area (Å²) in [4.78, 5) is 20.3. The van der Waals surface area contributed by atoms with E-state index < -0.39 is 0 Å². The molecule has 1 rings (SSSR count). The lowest BCUT2D eigenvalue weighted by Crippen LogP contribution is -2.00. The molecule has 1 aromatic heterocycles. The van der Waals surface area contributed by atoms with Crippen molar-refractivity contribution >= 4 is 18.1 Å². The zero-order valence-electron chi connectivity index (χ0n) is 8.29. The SMILES string of the molecule is C=C/C(C)=C\c1[nH]c(=O)[nH]c1/N=C/C. The van der Waals surface area contributed by atoms with E-state index in [-0.39, 0.29) is 5.69 Å². The van der Waals surface area contributed by atoms with Gasteiger partial charge in [-0.3, -0.25) is 4.98 Å². The van der Waals surface area contributed by atoms with Crippen LogP contribution >= 0.6 is 0 Å². The van der Waals surface area contributed by atoms with Gasteiger partial charge in [0.1, 0.15) is 0 Å². The molecule has 1 heterocycles. The molecular formula is C10H13N3O. The first kappa shape index (κ1) is 10.2. The summed E-state index contributed by atoms with van der Waals surface area (Å²) < 4.78 is 0. The fraction of sp³-hybridized carbons (Fsp3) is 0.200. The smallest absolute Gasteiger partial charge is 0.304 e. The van der Waals surface area contributed by atoms with E-state index in [4.69, 9.17) is 0 Å². The van der Waals surface area contributed by atoms with Gasteiger partial charge in [0.05, 0.1) is 5.69 Å². The number of hydrogen-bond donors (Lipinski definition) is 2. The molecule has 0 saturated carbocycles. The second kappa shape index (κ2) is 4.41. The van der Waals surface area contributed by atoms with E-state index in [0.29, 0.717) is 11.5 Å². The Bertz CT molecular complexity index is 434. The van der Waals surface area contributed by atoms with E-state index in [0.717, 1.165) is 5.57 Å². The molecule has 0 aliphatic carbocycles. The summed E-state index contributed by atoms with van der Waals surface area (Å²) in [5.74, 6) is 0.540. The Labute approximate surface area is 82.1 Å². The standard InChI is InChI=1S/C10H13N3O/c1-4-7(3)6-8-9(11-5-2)13-10(14)12-8/h4-6H,1H2,2-3H3,(H2,12,13,14)/b7-6-,11-5+. The highest BCUT2D eigenvalue weighted by Crippen LogP contribution is 2.14. The van der Waals surface area contributed by atoms with E-state index in [1.807, 2.05) is 13.0 Å². The lowest BCUT2D eigenvalue weighted by Gasteiger charge is -1.92. The van der Waals surface area contributed by atoms with E-state index in [1.54, 1.807) is 19.2 Å². The second-order valence-electron chi connectivity index (χ2n) is 2.82. The van der Waals surface area contributed by atoms with Gasteiger partial charge in [0.25, 0.3) is 0 Å². The Morgan fingerprint density at radius 1 is 1.50 bits per heavy atom. The maximum atomic E-state index is 11.0. The molecule has 0 bridgehead atoms. The fourth-order valence-electron chi connectivity index (χ4n) is 1.01. The van der Waals surface area contributed by atoms with Gasteiger partial charge >= 0.3 is 5.69 Å². The minimum Gasteiger partial charge on any atom is -0.304 e. The number of aliphatic imine (C=N–C) groups is 1. The molecule has 0 aromatic carbocycles. The largest absolute Gasteiger partial charge is 0.325 e. The summed E-state index contributed by atoms with van der Waals surface area (Å²) >= 11 is 0. The van der Waals surface area contributed by atoms with Crippen LogP contribution in [0.1, 0.15) is 19.5 Å². The van der Waals surface area contributed by atoms with Crippen LogP contribution in [0.3, 0.4) is 0 Å². The molecule has 14 heavy (non-hydrogen) atoms. The maximum absolute atomic E-state index is 11.0. The maximum Gasteiger partial charge on any atom is 0.325 e. The van der Waals surface area contributed by atoms with Gasteiger partial charge in [0, 0.05) is 6.21 Å². The summed E-state index contributed by atoms with van der Waals surface area (Å²) in [6, 6.07) is 0. The molecule has 0 saturated heterocycles. The van der Waals surface area contributed by atoms with Gasteiger partial charge in [-0.1, -0.05) is 12.7 Å². The number of imidazole rings is 1. The molecule has 2 N–H and O–H groups in total. The van der Waals surface area contributed by atoms with Crippen LogP contribution in [0.5, 0.6) is 0 Å². The average Bonchev–Trinajstić information content (AvgIpc) is 2.47. The van der Waals surface area contributed by atoms with Gasteiger partial charge in [-0.05, 0) is 25.5 Å². The summed E-state index contributed by atoms with van der Waals surface area (Å²) in [6.45, 7) is 7.32. The van der Waals surface area contributed by atoms with Gasteiger partial charge < -0.3 is 4.98 Å². The molecule has 0 radical (unpaired) electrons. The summed E-state index contributed by atoms with van der Waals surface area (Å²) in [7, 11) is 0. The Morgan fingerprint density at radius 2 is 2.21 bits per heavy atom. The van der Waals surface area contributed by atoms with Crippen molar-refractivity contribution in [3.63, 3.8) is 0 Å². The topological polar surface area (TPSA) is 61.0 Å². The lowest BCUT2D eigenvalue weighted by atomic mass is 10.2. The van der Waals surface area contributed by atoms with Crippen LogP contribution in [-0.4, -0.2) is 16.2 Å². The molecule has 0 aliphatic heterocycles. The van der Waals surface area contributed by atoms with Gasteiger partial charge in [0.15, 0.2) is 5.82 Å². The van der Waals surface area contributed by atoms with Gasteiger partial charge in [-0.2, -0.15) is 0 Å². The highest BCUT2D eigenvalue weighted by atomic mass is 16.1. The molecule has 0 atom stereocenters. The van der Waals surface area contributed by atoms with E-state index >= 15 is 0 Å². The highest BCUT2D eigenvalue weighted by molar-refractivity contribution is 5.66. The highest BCUT2D eigenvalue weighted by Gasteiger charge is 2.01. The number of nitrogens with zero attached hydrogens (tertiary/aromatic N) is 1. The van der Waals surface area contributed by atoms with Crippen LogP contribution in [0.4, 0.5) is 5.82 Å². The third-order valence-electron chi connectivity index (χ3n) is 1.69. The molecule has 1 aromatic rings. The number of hydrogen-bond acceptors (Lipinski definition) is 2. The van der Waals surface area contributed by atoms with Crippen molar-refractivity contribution in [2.24, 2.45) is 4.99 Å². The van der Waals surface area contributed by atoms with Crippen LogP contribution in [0.2, 0.25) is 0 Å². The molecule has 74 valence electrons. The first-order valence-electron chi connectivity index (χ1n) is 4.29. The van der Waals surface area contributed by atoms with E-state index in [2.05, 4.69) is 21.5 Å². The molecule has 0 aliphatic rings. The van der Waals surface area contributed by atoms with Crippen molar-refractivity contribution in [3.05, 3.63) is 34.4 Å². The summed E-state index contributed by atoms with van der Waals surface area (Å²) in [6.07, 6.45) is 5.15. The average molecular weight is 191 g/mol. The minimum atomic E-state index is -0.256. The predicted molar refractivity (Wildman–Crippen MR) is 59.1 cm³/mol. The first-order chi connectivity index (χ1) is 6.67. The zero-order chi connectivity index (χ0) is 10.6. The number of rotatable bonds is 3. The van der Waals surface area contributed by atoms with Gasteiger partial charge in [0.2, 0.25) is 0 Å². The van der Waals surface area contributed by atoms with Gasteiger partial charge in [-0.25, -0.2) is 9.79 Å². The van der Waals surface area contributed by atoms with Crippen molar-refractivity contribution in [2.45, 2.75) is 13.8 Å². The number of H-pyrrole nitrogens is 2. The molecular weight excluding hydrogens is 178 g/mol. The number of allylic oxidation sites excluding steroid dienone is 2. The van der Waals surface area contributed by atoms with Crippen molar-refractivity contribution in [2.75, 3.05) is 0 Å². The molecule has 0 unspecified atom stereocenters. The summed E-state index contributed by atoms with van der Waals surface area (Å²) in [5.41, 5.74) is 1.38. The normalized spacial score (nSPS) is 12.3. The van der Waals surface area contributed by atoms with Crippen LogP contribution < -0.4 is 5.69 Å². The van der Waals surface area contributed by atoms with E-state index in [1.165, 1.54) is 0 Å². The molecule has 0 fully saturated rings. The van der Waals surface area contributed by atoms with Crippen LogP contribution in [-0.2, 0) is 0 Å². The lowest BCUT2D eigenvalue weighted by molar-refractivity contribution is 1.18. The quantitative estimate of drug-likeness (QED) is 0.557. The summed E-state index contributed by atoms with van der Waals surface area (Å²) in [5, 5.41) is 0. The molecule has 0 amide bonds. The predicted octanol–water partition coefficient (Wildman–Crippen LogP) is 2.01. The Hall–Kier alpha value is -1.84. The number of aromatic nitrogens is 2. The van der Waals surface area contributed by atoms with Crippen molar-refractivity contribution < 1.29 is 0 Å². The van der Waals surface area contributed by atoms with Crippen molar-refractivity contribution in [3.8, 4) is 0 Å². The Balaban J connectivity index is 3.19. The molecule has 4 heteroatoms. The molecule has 4 nitrogen and oxygen atoms in total. The van der Waals surface area contributed by atoms with E-state index in [9.17, 15) is 4.79 Å². The molecule has 0 spiro atoms. The third-order valence-corrected chi connectivity index (χ3v) is 1.69. The van der Waals surface area contributed by atoms with Crippen LogP contribution in [0.25, 0.3) is 6.08 Å².